The number of aromatic carboxylic acids is 1. The summed E-state index contributed by atoms with van der Waals surface area (Å²) in [4.78, 5) is 37.2. The molecule has 3 aromatic rings. The van der Waals surface area contributed by atoms with Crippen LogP contribution in [0.25, 0.3) is 17.4 Å². The average Bonchev–Trinajstić information content (AvgIpc) is 3.35. The highest BCUT2D eigenvalue weighted by Gasteiger charge is 2.35. The summed E-state index contributed by atoms with van der Waals surface area (Å²) in [5, 5.41) is 9.20. The van der Waals surface area contributed by atoms with E-state index in [1.54, 1.807) is 48.5 Å². The highest BCUT2D eigenvalue weighted by Crippen LogP contribution is 2.33. The van der Waals surface area contributed by atoms with Gasteiger partial charge in [-0.3, -0.25) is 14.5 Å². The third-order valence-corrected chi connectivity index (χ3v) is 5.75. The number of carboxylic acids is 1. The number of amides is 2. The van der Waals surface area contributed by atoms with Gasteiger partial charge < -0.3 is 14.3 Å². The Bertz CT molecular complexity index is 1200. The van der Waals surface area contributed by atoms with E-state index >= 15 is 0 Å². The van der Waals surface area contributed by atoms with Gasteiger partial charge in [0.15, 0.2) is 0 Å². The maximum atomic E-state index is 12.6. The van der Waals surface area contributed by atoms with Crippen molar-refractivity contribution in [2.24, 2.45) is 0 Å². The molecule has 2 amide bonds. The first-order chi connectivity index (χ1) is 15.4. The van der Waals surface area contributed by atoms with Crippen molar-refractivity contribution in [1.82, 2.24) is 4.90 Å². The van der Waals surface area contributed by atoms with Crippen LogP contribution in [0, 0.1) is 0 Å². The largest absolute Gasteiger partial charge is 0.492 e. The van der Waals surface area contributed by atoms with Crippen molar-refractivity contribution in [3.05, 3.63) is 81.9 Å². The minimum absolute atomic E-state index is 0.115. The number of nitrogens with zero attached hydrogens (tertiary/aromatic N) is 1. The first-order valence-corrected chi connectivity index (χ1v) is 10.7. The molecule has 1 saturated heterocycles. The van der Waals surface area contributed by atoms with Gasteiger partial charge in [0.05, 0.1) is 17.0 Å². The van der Waals surface area contributed by atoms with Gasteiger partial charge >= 0.3 is 5.97 Å². The topological polar surface area (TPSA) is 97.0 Å². The minimum atomic E-state index is -1.01. The monoisotopic (exact) mass is 469 g/mol. The SMILES string of the molecule is O=C(O)c1ccc(-c2ccc(/C=C3\SC(=O)N(CCOc4ccc(Cl)cc4)C3=O)o2)cc1. The summed E-state index contributed by atoms with van der Waals surface area (Å²) in [5.41, 5.74) is 0.872. The van der Waals surface area contributed by atoms with Crippen LogP contribution in [0.1, 0.15) is 16.1 Å². The van der Waals surface area contributed by atoms with E-state index in [-0.39, 0.29) is 28.9 Å². The summed E-state index contributed by atoms with van der Waals surface area (Å²) in [6, 6.07) is 16.4. The van der Waals surface area contributed by atoms with E-state index in [1.807, 2.05) is 0 Å². The maximum absolute atomic E-state index is 12.6. The summed E-state index contributed by atoms with van der Waals surface area (Å²) in [5.74, 6) is 0.0971. The lowest BCUT2D eigenvalue weighted by Gasteiger charge is -2.13. The molecule has 1 fully saturated rings. The minimum Gasteiger partial charge on any atom is -0.492 e. The molecular weight excluding hydrogens is 454 g/mol. The van der Waals surface area contributed by atoms with E-state index < -0.39 is 11.9 Å². The van der Waals surface area contributed by atoms with E-state index in [0.29, 0.717) is 27.9 Å². The molecule has 2 heterocycles. The fraction of sp³-hybridized carbons (Fsp3) is 0.0870. The molecule has 1 aromatic heterocycles. The van der Waals surface area contributed by atoms with Crippen LogP contribution in [0.15, 0.2) is 70.0 Å². The van der Waals surface area contributed by atoms with Gasteiger partial charge in [0, 0.05) is 16.7 Å². The van der Waals surface area contributed by atoms with Gasteiger partial charge in [0.25, 0.3) is 11.1 Å². The molecule has 4 rings (SSSR count). The van der Waals surface area contributed by atoms with Crippen LogP contribution >= 0.6 is 23.4 Å². The molecule has 162 valence electrons. The second-order valence-electron chi connectivity index (χ2n) is 6.72. The molecule has 0 atom stereocenters. The van der Waals surface area contributed by atoms with Gasteiger partial charge in [0.2, 0.25) is 0 Å². The number of rotatable bonds is 7. The first kappa shape index (κ1) is 21.7. The fourth-order valence-electron chi connectivity index (χ4n) is 2.97. The Labute approximate surface area is 192 Å². The van der Waals surface area contributed by atoms with Crippen LogP contribution in [0.3, 0.4) is 0 Å². The van der Waals surface area contributed by atoms with E-state index in [1.165, 1.54) is 18.2 Å². The number of ether oxygens (including phenoxy) is 1. The van der Waals surface area contributed by atoms with Gasteiger partial charge in [-0.1, -0.05) is 23.7 Å². The van der Waals surface area contributed by atoms with Crippen LogP contribution in [0.2, 0.25) is 5.02 Å². The lowest BCUT2D eigenvalue weighted by Crippen LogP contribution is -2.32. The normalized spacial score (nSPS) is 14.9. The fourth-order valence-corrected chi connectivity index (χ4v) is 3.94. The van der Waals surface area contributed by atoms with Gasteiger partial charge in [-0.05, 0) is 60.3 Å². The number of carbonyl (C=O) groups excluding carboxylic acids is 2. The van der Waals surface area contributed by atoms with Gasteiger partial charge in [-0.2, -0.15) is 0 Å². The van der Waals surface area contributed by atoms with E-state index in [4.69, 9.17) is 25.9 Å². The van der Waals surface area contributed by atoms with Crippen molar-refractivity contribution in [2.45, 2.75) is 0 Å². The molecule has 32 heavy (non-hydrogen) atoms. The van der Waals surface area contributed by atoms with Crippen LogP contribution in [-0.4, -0.2) is 40.3 Å². The second kappa shape index (κ2) is 9.33. The summed E-state index contributed by atoms with van der Waals surface area (Å²) >= 11 is 6.67. The van der Waals surface area contributed by atoms with Crippen molar-refractivity contribution in [3.8, 4) is 17.1 Å². The summed E-state index contributed by atoms with van der Waals surface area (Å²) in [6.45, 7) is 0.272. The number of hydrogen-bond donors (Lipinski definition) is 1. The average molecular weight is 470 g/mol. The smallest absolute Gasteiger partial charge is 0.335 e. The van der Waals surface area contributed by atoms with Gasteiger partial charge in [-0.15, -0.1) is 0 Å². The number of thioether (sulfide) groups is 1. The molecule has 0 unspecified atom stereocenters. The Balaban J connectivity index is 1.40. The Morgan fingerprint density at radius 2 is 1.78 bits per heavy atom. The second-order valence-corrected chi connectivity index (χ2v) is 8.15. The zero-order valence-electron chi connectivity index (χ0n) is 16.5. The summed E-state index contributed by atoms with van der Waals surface area (Å²) < 4.78 is 11.3. The lowest BCUT2D eigenvalue weighted by molar-refractivity contribution is -0.123. The number of imide groups is 1. The first-order valence-electron chi connectivity index (χ1n) is 9.48. The molecule has 0 bridgehead atoms. The van der Waals surface area contributed by atoms with Crippen molar-refractivity contribution in [1.29, 1.82) is 0 Å². The number of hydrogen-bond acceptors (Lipinski definition) is 6. The molecule has 1 aliphatic rings. The van der Waals surface area contributed by atoms with E-state index in [0.717, 1.165) is 16.7 Å². The molecule has 1 N–H and O–H groups in total. The van der Waals surface area contributed by atoms with E-state index in [9.17, 15) is 14.4 Å². The molecule has 0 aliphatic carbocycles. The molecule has 9 heteroatoms. The molecule has 2 aromatic carbocycles. The van der Waals surface area contributed by atoms with Gasteiger partial charge in [-0.25, -0.2) is 4.79 Å². The summed E-state index contributed by atoms with van der Waals surface area (Å²) in [6.07, 6.45) is 1.51. The zero-order valence-corrected chi connectivity index (χ0v) is 18.1. The molecule has 0 spiro atoms. The molecule has 1 aliphatic heterocycles. The zero-order chi connectivity index (χ0) is 22.7. The van der Waals surface area contributed by atoms with Crippen molar-refractivity contribution >= 4 is 46.6 Å². The Kier molecular flexibility index (Phi) is 6.34. The number of furan rings is 1. The Morgan fingerprint density at radius 1 is 1.06 bits per heavy atom. The third kappa shape index (κ3) is 4.87. The molecular formula is C23H16ClNO6S. The maximum Gasteiger partial charge on any atom is 0.335 e. The number of benzene rings is 2. The highest BCUT2D eigenvalue weighted by atomic mass is 35.5. The van der Waals surface area contributed by atoms with Crippen molar-refractivity contribution < 1.29 is 28.6 Å². The third-order valence-electron chi connectivity index (χ3n) is 4.59. The van der Waals surface area contributed by atoms with Crippen LogP contribution in [-0.2, 0) is 4.79 Å². The van der Waals surface area contributed by atoms with Crippen LogP contribution in [0.4, 0.5) is 4.79 Å². The predicted octanol–water partition coefficient (Wildman–Crippen LogP) is 5.41. The predicted molar refractivity (Wildman–Crippen MR) is 121 cm³/mol. The number of halogens is 1. The molecule has 7 nitrogen and oxygen atoms in total. The van der Waals surface area contributed by atoms with Crippen molar-refractivity contribution in [2.75, 3.05) is 13.2 Å². The standard InChI is InChI=1S/C23H16ClNO6S/c24-16-5-7-17(8-6-16)30-12-11-25-21(26)20(32-23(25)29)13-18-9-10-19(31-18)14-1-3-15(4-2-14)22(27)28/h1-10,13H,11-12H2,(H,27,28)/b20-13-. The lowest BCUT2D eigenvalue weighted by atomic mass is 10.1. The van der Waals surface area contributed by atoms with Crippen LogP contribution in [0.5, 0.6) is 5.75 Å². The highest BCUT2D eigenvalue weighted by molar-refractivity contribution is 8.18. The Morgan fingerprint density at radius 3 is 2.47 bits per heavy atom. The quantitative estimate of drug-likeness (QED) is 0.462. The van der Waals surface area contributed by atoms with Gasteiger partial charge in [0.1, 0.15) is 23.9 Å². The molecule has 0 radical (unpaired) electrons. The Hall–Kier alpha value is -3.49. The van der Waals surface area contributed by atoms with E-state index in [2.05, 4.69) is 0 Å². The number of carbonyl (C=O) groups is 3. The number of carboxylic acid groups (broad SMARTS) is 1. The molecule has 0 saturated carbocycles. The van der Waals surface area contributed by atoms with Crippen molar-refractivity contribution in [3.63, 3.8) is 0 Å². The summed E-state index contributed by atoms with van der Waals surface area (Å²) in [7, 11) is 0. The van der Waals surface area contributed by atoms with Crippen LogP contribution < -0.4 is 4.74 Å².